The average molecular weight is 174 g/mol. The summed E-state index contributed by atoms with van der Waals surface area (Å²) in [5.74, 6) is 0. The lowest BCUT2D eigenvalue weighted by atomic mass is 10.2. The highest BCUT2D eigenvalue weighted by atomic mass is 14.9. The number of pyridine rings is 1. The van der Waals surface area contributed by atoms with Gasteiger partial charge in [-0.05, 0) is 31.6 Å². The van der Waals surface area contributed by atoms with Crippen molar-refractivity contribution in [1.82, 2.24) is 10.3 Å². The maximum absolute atomic E-state index is 4.30. The number of nitrogens with zero attached hydrogens (tertiary/aromatic N) is 1. The van der Waals surface area contributed by atoms with Gasteiger partial charge in [-0.15, -0.1) is 0 Å². The molecular weight excluding hydrogens is 160 g/mol. The molecule has 1 N–H and O–H groups in total. The molecule has 2 heteroatoms. The minimum absolute atomic E-state index is 0.501. The Morgan fingerprint density at radius 3 is 3.00 bits per heavy atom. The molecule has 0 amide bonds. The van der Waals surface area contributed by atoms with E-state index in [2.05, 4.69) is 36.3 Å². The first kappa shape index (κ1) is 8.30. The highest BCUT2D eigenvalue weighted by molar-refractivity contribution is 5.59. The van der Waals surface area contributed by atoms with Gasteiger partial charge in [0.05, 0.1) is 5.69 Å². The molecular formula is C11H14N2. The van der Waals surface area contributed by atoms with Gasteiger partial charge in [0.25, 0.3) is 0 Å². The number of allylic oxidation sites excluding steroid dienone is 1. The maximum Gasteiger partial charge on any atom is 0.0682 e. The predicted molar refractivity (Wildman–Crippen MR) is 54.2 cm³/mol. The van der Waals surface area contributed by atoms with Crippen LogP contribution in [0.1, 0.15) is 25.1 Å². The Morgan fingerprint density at radius 1 is 1.46 bits per heavy atom. The predicted octanol–water partition coefficient (Wildman–Crippen LogP) is 1.98. The fourth-order valence-electron chi connectivity index (χ4n) is 1.61. The average Bonchev–Trinajstić information content (AvgIpc) is 2.44. The summed E-state index contributed by atoms with van der Waals surface area (Å²) in [4.78, 5) is 4.30. The number of rotatable bonds is 2. The second-order valence-corrected chi connectivity index (χ2v) is 3.69. The van der Waals surface area contributed by atoms with Gasteiger partial charge in [-0.3, -0.25) is 4.98 Å². The Morgan fingerprint density at radius 2 is 2.31 bits per heavy atom. The van der Waals surface area contributed by atoms with Gasteiger partial charge in [0, 0.05) is 24.4 Å². The molecule has 0 radical (unpaired) electrons. The van der Waals surface area contributed by atoms with Crippen molar-refractivity contribution in [2.75, 3.05) is 0 Å². The molecule has 0 unspecified atom stereocenters. The third kappa shape index (κ3) is 1.72. The third-order valence-electron chi connectivity index (χ3n) is 2.09. The molecule has 2 rings (SSSR count). The van der Waals surface area contributed by atoms with E-state index in [1.165, 1.54) is 11.3 Å². The van der Waals surface area contributed by atoms with E-state index in [0.717, 1.165) is 12.1 Å². The molecule has 0 fully saturated rings. The Kier molecular flexibility index (Phi) is 2.05. The van der Waals surface area contributed by atoms with Crippen molar-refractivity contribution >= 4 is 6.08 Å². The molecule has 1 heterocycles. The summed E-state index contributed by atoms with van der Waals surface area (Å²) in [6.45, 7) is 4.30. The Balaban J connectivity index is 2.17. The molecule has 2 nitrogen and oxygen atoms in total. The fraction of sp³-hybridized carbons (Fsp3) is 0.364. The first-order valence-corrected chi connectivity index (χ1v) is 4.66. The number of hydrogen-bond donors (Lipinski definition) is 1. The highest BCUT2D eigenvalue weighted by Crippen LogP contribution is 2.20. The molecule has 0 spiro atoms. The Bertz CT molecular complexity index is 340. The minimum atomic E-state index is 0.501. The van der Waals surface area contributed by atoms with Gasteiger partial charge in [-0.25, -0.2) is 0 Å². The number of fused-ring (bicyclic) bond motifs is 1. The third-order valence-corrected chi connectivity index (χ3v) is 2.09. The Labute approximate surface area is 78.7 Å². The minimum Gasteiger partial charge on any atom is -0.386 e. The van der Waals surface area contributed by atoms with Gasteiger partial charge in [0.2, 0.25) is 0 Å². The molecule has 1 aliphatic rings. The zero-order valence-corrected chi connectivity index (χ0v) is 8.04. The molecule has 1 aliphatic carbocycles. The van der Waals surface area contributed by atoms with Crippen molar-refractivity contribution in [2.24, 2.45) is 0 Å². The van der Waals surface area contributed by atoms with E-state index in [0.29, 0.717) is 6.04 Å². The van der Waals surface area contributed by atoms with Gasteiger partial charge in [-0.2, -0.15) is 0 Å². The summed E-state index contributed by atoms with van der Waals surface area (Å²) in [7, 11) is 0. The van der Waals surface area contributed by atoms with Crippen LogP contribution in [0.3, 0.4) is 0 Å². The van der Waals surface area contributed by atoms with E-state index in [-0.39, 0.29) is 0 Å². The van der Waals surface area contributed by atoms with Crippen molar-refractivity contribution in [3.63, 3.8) is 0 Å². The van der Waals surface area contributed by atoms with Crippen LogP contribution in [-0.4, -0.2) is 11.0 Å². The van der Waals surface area contributed by atoms with Crippen molar-refractivity contribution in [3.05, 3.63) is 35.3 Å². The smallest absolute Gasteiger partial charge is 0.0682 e. The van der Waals surface area contributed by atoms with Crippen LogP contribution in [0.4, 0.5) is 0 Å². The van der Waals surface area contributed by atoms with Crippen LogP contribution in [0.5, 0.6) is 0 Å². The Hall–Kier alpha value is -1.31. The number of aromatic nitrogens is 1. The zero-order valence-electron chi connectivity index (χ0n) is 8.04. The molecule has 0 aliphatic heterocycles. The SMILES string of the molecule is CC(C)NC1=Cc2ncccc2C1. The second kappa shape index (κ2) is 3.21. The van der Waals surface area contributed by atoms with Crippen molar-refractivity contribution < 1.29 is 0 Å². The van der Waals surface area contributed by atoms with Crippen LogP contribution in [0.25, 0.3) is 6.08 Å². The maximum atomic E-state index is 4.30. The standard InChI is InChI=1S/C11H14N2/c1-8(2)13-10-6-9-4-3-5-12-11(9)7-10/h3-5,7-8,13H,6H2,1-2H3. The summed E-state index contributed by atoms with van der Waals surface area (Å²) in [5, 5.41) is 3.41. The van der Waals surface area contributed by atoms with Crippen LogP contribution >= 0.6 is 0 Å². The van der Waals surface area contributed by atoms with Crippen LogP contribution in [0.15, 0.2) is 24.0 Å². The monoisotopic (exact) mass is 174 g/mol. The molecule has 0 atom stereocenters. The van der Waals surface area contributed by atoms with Gasteiger partial charge in [0.1, 0.15) is 0 Å². The van der Waals surface area contributed by atoms with Crippen molar-refractivity contribution in [1.29, 1.82) is 0 Å². The van der Waals surface area contributed by atoms with Crippen molar-refractivity contribution in [2.45, 2.75) is 26.3 Å². The molecule has 1 aromatic heterocycles. The van der Waals surface area contributed by atoms with Gasteiger partial charge >= 0.3 is 0 Å². The van der Waals surface area contributed by atoms with Gasteiger partial charge < -0.3 is 5.32 Å². The van der Waals surface area contributed by atoms with E-state index < -0.39 is 0 Å². The van der Waals surface area contributed by atoms with Crippen molar-refractivity contribution in [3.8, 4) is 0 Å². The lowest BCUT2D eigenvalue weighted by Crippen LogP contribution is -2.21. The lowest BCUT2D eigenvalue weighted by molar-refractivity contribution is 0.662. The molecule has 0 aromatic carbocycles. The van der Waals surface area contributed by atoms with Gasteiger partial charge in [-0.1, -0.05) is 6.07 Å². The number of nitrogens with one attached hydrogen (secondary N) is 1. The van der Waals surface area contributed by atoms with E-state index in [4.69, 9.17) is 0 Å². The topological polar surface area (TPSA) is 24.9 Å². The molecule has 13 heavy (non-hydrogen) atoms. The fourth-order valence-corrected chi connectivity index (χ4v) is 1.61. The van der Waals surface area contributed by atoms with Gasteiger partial charge in [0.15, 0.2) is 0 Å². The van der Waals surface area contributed by atoms with Crippen LogP contribution in [0.2, 0.25) is 0 Å². The lowest BCUT2D eigenvalue weighted by Gasteiger charge is -2.09. The normalized spacial score (nSPS) is 14.2. The van der Waals surface area contributed by atoms with E-state index in [1.807, 2.05) is 12.3 Å². The first-order chi connectivity index (χ1) is 6.25. The first-order valence-electron chi connectivity index (χ1n) is 4.66. The van der Waals surface area contributed by atoms with Crippen LogP contribution in [-0.2, 0) is 6.42 Å². The summed E-state index contributed by atoms with van der Waals surface area (Å²) in [6, 6.07) is 4.62. The second-order valence-electron chi connectivity index (χ2n) is 3.69. The van der Waals surface area contributed by atoms with Crippen LogP contribution in [0, 0.1) is 0 Å². The summed E-state index contributed by atoms with van der Waals surface area (Å²) in [5.41, 5.74) is 3.72. The number of hydrogen-bond acceptors (Lipinski definition) is 2. The van der Waals surface area contributed by atoms with E-state index in [1.54, 1.807) is 0 Å². The molecule has 0 saturated heterocycles. The molecule has 68 valence electrons. The summed E-state index contributed by atoms with van der Waals surface area (Å²) < 4.78 is 0. The molecule has 0 saturated carbocycles. The zero-order chi connectivity index (χ0) is 9.26. The van der Waals surface area contributed by atoms with E-state index in [9.17, 15) is 0 Å². The quantitative estimate of drug-likeness (QED) is 0.741. The van der Waals surface area contributed by atoms with Crippen LogP contribution < -0.4 is 5.32 Å². The summed E-state index contributed by atoms with van der Waals surface area (Å²) >= 11 is 0. The summed E-state index contributed by atoms with van der Waals surface area (Å²) in [6.07, 6.45) is 4.98. The molecule has 0 bridgehead atoms. The highest BCUT2D eigenvalue weighted by Gasteiger charge is 2.12. The largest absolute Gasteiger partial charge is 0.386 e. The molecule has 1 aromatic rings. The van der Waals surface area contributed by atoms with E-state index >= 15 is 0 Å².